The molecular weight excluding hydrogens is 250 g/mol. The molecular formula is C17H27NO2. The zero-order valence-electron chi connectivity index (χ0n) is 12.8. The van der Waals surface area contributed by atoms with Gasteiger partial charge in [0.15, 0.2) is 11.5 Å². The molecule has 1 saturated carbocycles. The summed E-state index contributed by atoms with van der Waals surface area (Å²) < 4.78 is 11.3. The summed E-state index contributed by atoms with van der Waals surface area (Å²) in [6.45, 7) is 3.91. The molecule has 0 aliphatic heterocycles. The zero-order chi connectivity index (χ0) is 14.2. The molecule has 0 unspecified atom stereocenters. The molecule has 1 aliphatic carbocycles. The number of hydrogen-bond donors (Lipinski definition) is 1. The summed E-state index contributed by atoms with van der Waals surface area (Å²) in [6.07, 6.45) is 7.52. The normalized spacial score (nSPS) is 14.3. The SMILES string of the molecule is CCCCCCOc1cc(CNC2CC2)ccc1OC. The molecule has 1 aromatic carbocycles. The van der Waals surface area contributed by atoms with E-state index in [2.05, 4.69) is 24.4 Å². The van der Waals surface area contributed by atoms with Crippen molar-refractivity contribution in [2.45, 2.75) is 58.0 Å². The Morgan fingerprint density at radius 1 is 1.15 bits per heavy atom. The zero-order valence-corrected chi connectivity index (χ0v) is 12.8. The van der Waals surface area contributed by atoms with Crippen molar-refractivity contribution in [1.82, 2.24) is 5.32 Å². The Labute approximate surface area is 122 Å². The Hall–Kier alpha value is -1.22. The van der Waals surface area contributed by atoms with Gasteiger partial charge in [-0.25, -0.2) is 0 Å². The Morgan fingerprint density at radius 3 is 2.70 bits per heavy atom. The molecule has 0 aromatic heterocycles. The Kier molecular flexibility index (Phi) is 6.19. The van der Waals surface area contributed by atoms with Crippen molar-refractivity contribution in [3.63, 3.8) is 0 Å². The van der Waals surface area contributed by atoms with Crippen LogP contribution in [0, 0.1) is 0 Å². The lowest BCUT2D eigenvalue weighted by Gasteiger charge is -2.12. The summed E-state index contributed by atoms with van der Waals surface area (Å²) in [5.41, 5.74) is 1.27. The highest BCUT2D eigenvalue weighted by molar-refractivity contribution is 5.43. The molecule has 1 aliphatic rings. The smallest absolute Gasteiger partial charge is 0.161 e. The molecule has 0 bridgehead atoms. The Morgan fingerprint density at radius 2 is 2.00 bits per heavy atom. The number of methoxy groups -OCH3 is 1. The fourth-order valence-electron chi connectivity index (χ4n) is 2.20. The maximum atomic E-state index is 5.88. The van der Waals surface area contributed by atoms with Crippen molar-refractivity contribution in [2.75, 3.05) is 13.7 Å². The largest absolute Gasteiger partial charge is 0.493 e. The summed E-state index contributed by atoms with van der Waals surface area (Å²) >= 11 is 0. The quantitative estimate of drug-likeness (QED) is 0.658. The second-order valence-electron chi connectivity index (χ2n) is 5.55. The van der Waals surface area contributed by atoms with E-state index in [1.165, 1.54) is 37.7 Å². The highest BCUT2D eigenvalue weighted by Gasteiger charge is 2.20. The fourth-order valence-corrected chi connectivity index (χ4v) is 2.20. The summed E-state index contributed by atoms with van der Waals surface area (Å²) in [5.74, 6) is 1.70. The van der Waals surface area contributed by atoms with Gasteiger partial charge in [0.05, 0.1) is 13.7 Å². The molecule has 0 spiro atoms. The van der Waals surface area contributed by atoms with Crippen LogP contribution in [0.5, 0.6) is 11.5 Å². The molecule has 0 heterocycles. The van der Waals surface area contributed by atoms with E-state index in [-0.39, 0.29) is 0 Å². The van der Waals surface area contributed by atoms with Crippen LogP contribution >= 0.6 is 0 Å². The fraction of sp³-hybridized carbons (Fsp3) is 0.647. The maximum Gasteiger partial charge on any atom is 0.161 e. The topological polar surface area (TPSA) is 30.5 Å². The van der Waals surface area contributed by atoms with E-state index in [1.54, 1.807) is 7.11 Å². The minimum Gasteiger partial charge on any atom is -0.493 e. The van der Waals surface area contributed by atoms with E-state index >= 15 is 0 Å². The monoisotopic (exact) mass is 277 g/mol. The molecule has 0 atom stereocenters. The van der Waals surface area contributed by atoms with Crippen molar-refractivity contribution in [1.29, 1.82) is 0 Å². The molecule has 1 fully saturated rings. The summed E-state index contributed by atoms with van der Waals surface area (Å²) in [6, 6.07) is 6.95. The third-order valence-electron chi connectivity index (χ3n) is 3.66. The van der Waals surface area contributed by atoms with E-state index < -0.39 is 0 Å². The molecule has 112 valence electrons. The van der Waals surface area contributed by atoms with Crippen molar-refractivity contribution in [3.05, 3.63) is 23.8 Å². The van der Waals surface area contributed by atoms with Crippen LogP contribution in [-0.4, -0.2) is 19.8 Å². The predicted molar refractivity (Wildman–Crippen MR) is 82.5 cm³/mol. The third kappa shape index (κ3) is 5.04. The van der Waals surface area contributed by atoms with Crippen molar-refractivity contribution in [2.24, 2.45) is 0 Å². The third-order valence-corrected chi connectivity index (χ3v) is 3.66. The molecule has 1 aromatic rings. The van der Waals surface area contributed by atoms with Crippen molar-refractivity contribution >= 4 is 0 Å². The van der Waals surface area contributed by atoms with Gasteiger partial charge in [-0.05, 0) is 37.0 Å². The number of hydrogen-bond acceptors (Lipinski definition) is 3. The number of rotatable bonds is 10. The molecule has 1 N–H and O–H groups in total. The van der Waals surface area contributed by atoms with Gasteiger partial charge in [0.1, 0.15) is 0 Å². The Balaban J connectivity index is 1.84. The molecule has 0 amide bonds. The average Bonchev–Trinajstić information content (AvgIpc) is 3.29. The van der Waals surface area contributed by atoms with Crippen LogP contribution in [0.25, 0.3) is 0 Å². The van der Waals surface area contributed by atoms with Crippen LogP contribution in [0.15, 0.2) is 18.2 Å². The molecule has 3 nitrogen and oxygen atoms in total. The molecule has 0 saturated heterocycles. The highest BCUT2D eigenvalue weighted by Crippen LogP contribution is 2.29. The van der Waals surface area contributed by atoms with Gasteiger partial charge in [0.2, 0.25) is 0 Å². The Bertz CT molecular complexity index is 402. The van der Waals surface area contributed by atoms with E-state index in [0.29, 0.717) is 0 Å². The lowest BCUT2D eigenvalue weighted by atomic mass is 10.2. The van der Waals surface area contributed by atoms with Gasteiger partial charge >= 0.3 is 0 Å². The molecule has 20 heavy (non-hydrogen) atoms. The van der Waals surface area contributed by atoms with Gasteiger partial charge in [-0.15, -0.1) is 0 Å². The highest BCUT2D eigenvalue weighted by atomic mass is 16.5. The predicted octanol–water partition coefficient (Wildman–Crippen LogP) is 3.91. The lowest BCUT2D eigenvalue weighted by Crippen LogP contribution is -2.15. The van der Waals surface area contributed by atoms with Gasteiger partial charge in [-0.2, -0.15) is 0 Å². The second kappa shape index (κ2) is 8.15. The van der Waals surface area contributed by atoms with Gasteiger partial charge in [-0.3, -0.25) is 0 Å². The number of unbranched alkanes of at least 4 members (excludes halogenated alkanes) is 3. The van der Waals surface area contributed by atoms with Gasteiger partial charge < -0.3 is 14.8 Å². The van der Waals surface area contributed by atoms with Crippen LogP contribution in [0.4, 0.5) is 0 Å². The lowest BCUT2D eigenvalue weighted by molar-refractivity contribution is 0.285. The molecule has 2 rings (SSSR count). The van der Waals surface area contributed by atoms with Crippen LogP contribution < -0.4 is 14.8 Å². The van der Waals surface area contributed by atoms with Gasteiger partial charge in [-0.1, -0.05) is 32.3 Å². The van der Waals surface area contributed by atoms with E-state index in [9.17, 15) is 0 Å². The summed E-state index contributed by atoms with van der Waals surface area (Å²) in [7, 11) is 1.70. The first-order valence-electron chi connectivity index (χ1n) is 7.86. The van der Waals surface area contributed by atoms with E-state index in [0.717, 1.165) is 37.1 Å². The van der Waals surface area contributed by atoms with Crippen LogP contribution in [0.1, 0.15) is 51.0 Å². The maximum absolute atomic E-state index is 5.88. The summed E-state index contributed by atoms with van der Waals surface area (Å²) in [4.78, 5) is 0. The van der Waals surface area contributed by atoms with Crippen molar-refractivity contribution in [3.8, 4) is 11.5 Å². The van der Waals surface area contributed by atoms with Gasteiger partial charge in [0.25, 0.3) is 0 Å². The first kappa shape index (κ1) is 15.2. The molecule has 3 heteroatoms. The summed E-state index contributed by atoms with van der Waals surface area (Å²) in [5, 5.41) is 3.53. The van der Waals surface area contributed by atoms with Gasteiger partial charge in [0, 0.05) is 12.6 Å². The van der Waals surface area contributed by atoms with Crippen LogP contribution in [-0.2, 0) is 6.54 Å². The first-order valence-corrected chi connectivity index (χ1v) is 7.86. The van der Waals surface area contributed by atoms with Crippen LogP contribution in [0.2, 0.25) is 0 Å². The number of ether oxygens (including phenoxy) is 2. The molecule has 0 radical (unpaired) electrons. The second-order valence-corrected chi connectivity index (χ2v) is 5.55. The number of benzene rings is 1. The standard InChI is InChI=1S/C17H27NO2/c1-3-4-5-6-11-20-17-12-14(7-10-16(17)19-2)13-18-15-8-9-15/h7,10,12,15,18H,3-6,8-9,11,13H2,1-2H3. The van der Waals surface area contributed by atoms with Crippen molar-refractivity contribution < 1.29 is 9.47 Å². The average molecular weight is 277 g/mol. The minimum atomic E-state index is 0.732. The van der Waals surface area contributed by atoms with E-state index in [1.807, 2.05) is 6.07 Å². The van der Waals surface area contributed by atoms with Crippen LogP contribution in [0.3, 0.4) is 0 Å². The van der Waals surface area contributed by atoms with E-state index in [4.69, 9.17) is 9.47 Å². The minimum absolute atomic E-state index is 0.732. The first-order chi connectivity index (χ1) is 9.83. The number of nitrogens with one attached hydrogen (secondary N) is 1.